The van der Waals surface area contributed by atoms with Gasteiger partial charge in [-0.2, -0.15) is 11.8 Å². The first-order valence-electron chi connectivity index (χ1n) is 6.42. The van der Waals surface area contributed by atoms with Gasteiger partial charge in [-0.1, -0.05) is 6.92 Å². The molecule has 0 aromatic heterocycles. The van der Waals surface area contributed by atoms with Crippen LogP contribution in [0.3, 0.4) is 0 Å². The third-order valence-electron chi connectivity index (χ3n) is 3.90. The fraction of sp³-hybridized carbons (Fsp3) is 1.00. The molecule has 2 nitrogen and oxygen atoms in total. The molecule has 0 bridgehead atoms. The minimum atomic E-state index is 0.313. The van der Waals surface area contributed by atoms with E-state index in [2.05, 4.69) is 44.2 Å². The highest BCUT2D eigenvalue weighted by molar-refractivity contribution is 7.98. The first kappa shape index (κ1) is 14.3. The molecule has 1 unspecified atom stereocenters. The number of hydrogen-bond acceptors (Lipinski definition) is 3. The molecule has 1 aliphatic heterocycles. The molecular formula is C13H28N2S. The first-order valence-corrected chi connectivity index (χ1v) is 7.82. The number of piperazine rings is 1. The highest BCUT2D eigenvalue weighted by Gasteiger charge is 2.38. The topological polar surface area (TPSA) is 15.3 Å². The lowest BCUT2D eigenvalue weighted by Gasteiger charge is -2.50. The van der Waals surface area contributed by atoms with Crippen LogP contribution < -0.4 is 5.32 Å². The lowest BCUT2D eigenvalue weighted by atomic mass is 9.88. The van der Waals surface area contributed by atoms with E-state index in [1.807, 2.05) is 11.8 Å². The summed E-state index contributed by atoms with van der Waals surface area (Å²) in [5.41, 5.74) is 0.627. The monoisotopic (exact) mass is 244 g/mol. The van der Waals surface area contributed by atoms with Gasteiger partial charge in [0.2, 0.25) is 0 Å². The molecule has 0 aromatic carbocycles. The summed E-state index contributed by atoms with van der Waals surface area (Å²) in [5.74, 6) is 1.28. The van der Waals surface area contributed by atoms with E-state index in [1.54, 1.807) is 0 Å². The van der Waals surface area contributed by atoms with Crippen LogP contribution in [0.2, 0.25) is 0 Å². The van der Waals surface area contributed by atoms with E-state index in [9.17, 15) is 0 Å². The summed E-state index contributed by atoms with van der Waals surface area (Å²) >= 11 is 1.95. The average molecular weight is 244 g/mol. The highest BCUT2D eigenvalue weighted by atomic mass is 32.2. The Morgan fingerprint density at radius 2 is 2.00 bits per heavy atom. The summed E-state index contributed by atoms with van der Waals surface area (Å²) in [6, 6.07) is 0. The van der Waals surface area contributed by atoms with Crippen LogP contribution in [0.25, 0.3) is 0 Å². The van der Waals surface area contributed by atoms with Crippen molar-refractivity contribution in [2.24, 2.45) is 0 Å². The molecule has 1 aliphatic rings. The Hall–Kier alpha value is 0.270. The molecule has 1 saturated heterocycles. The third-order valence-corrected chi connectivity index (χ3v) is 4.60. The quantitative estimate of drug-likeness (QED) is 0.748. The van der Waals surface area contributed by atoms with Crippen LogP contribution in [-0.4, -0.2) is 47.6 Å². The second kappa shape index (κ2) is 5.74. The first-order chi connectivity index (χ1) is 7.43. The maximum Gasteiger partial charge on any atom is 0.0278 e. The van der Waals surface area contributed by atoms with Crippen molar-refractivity contribution in [3.8, 4) is 0 Å². The molecule has 0 saturated carbocycles. The van der Waals surface area contributed by atoms with Crippen LogP contribution in [0.4, 0.5) is 0 Å². The number of nitrogens with one attached hydrogen (secondary N) is 1. The van der Waals surface area contributed by atoms with Crippen LogP contribution in [0.15, 0.2) is 0 Å². The Labute approximate surface area is 106 Å². The van der Waals surface area contributed by atoms with E-state index in [-0.39, 0.29) is 0 Å². The van der Waals surface area contributed by atoms with Gasteiger partial charge in [-0.3, -0.25) is 4.90 Å². The van der Waals surface area contributed by atoms with Crippen molar-refractivity contribution in [3.05, 3.63) is 0 Å². The van der Waals surface area contributed by atoms with Gasteiger partial charge in [0, 0.05) is 24.2 Å². The van der Waals surface area contributed by atoms with E-state index < -0.39 is 0 Å². The van der Waals surface area contributed by atoms with Gasteiger partial charge in [0.05, 0.1) is 0 Å². The molecule has 0 spiro atoms. The lowest BCUT2D eigenvalue weighted by Crippen LogP contribution is -2.67. The van der Waals surface area contributed by atoms with Crippen molar-refractivity contribution in [1.82, 2.24) is 10.2 Å². The van der Waals surface area contributed by atoms with Crippen molar-refractivity contribution in [3.63, 3.8) is 0 Å². The van der Waals surface area contributed by atoms with Crippen LogP contribution >= 0.6 is 11.8 Å². The fourth-order valence-corrected chi connectivity index (χ4v) is 2.67. The summed E-state index contributed by atoms with van der Waals surface area (Å²) in [4.78, 5) is 2.67. The average Bonchev–Trinajstić information content (AvgIpc) is 2.24. The summed E-state index contributed by atoms with van der Waals surface area (Å²) in [5, 5.41) is 3.71. The molecule has 1 N–H and O–H groups in total. The van der Waals surface area contributed by atoms with E-state index >= 15 is 0 Å². The number of nitrogens with zero attached hydrogens (tertiary/aromatic N) is 1. The van der Waals surface area contributed by atoms with Crippen molar-refractivity contribution in [2.45, 2.75) is 51.6 Å². The maximum absolute atomic E-state index is 3.71. The van der Waals surface area contributed by atoms with E-state index in [0.29, 0.717) is 11.1 Å². The van der Waals surface area contributed by atoms with E-state index in [4.69, 9.17) is 0 Å². The van der Waals surface area contributed by atoms with Crippen LogP contribution in [0, 0.1) is 0 Å². The van der Waals surface area contributed by atoms with Crippen molar-refractivity contribution >= 4 is 11.8 Å². The highest BCUT2D eigenvalue weighted by Crippen LogP contribution is 2.25. The van der Waals surface area contributed by atoms with Gasteiger partial charge in [-0.15, -0.1) is 0 Å². The minimum Gasteiger partial charge on any atom is -0.308 e. The SMILES string of the molecule is CCC1(C)CN(CCCSC)C(C)(C)CN1. The minimum absolute atomic E-state index is 0.313. The molecule has 3 heteroatoms. The predicted octanol–water partition coefficient (Wildman–Crippen LogP) is 2.59. The number of thioether (sulfide) groups is 1. The summed E-state index contributed by atoms with van der Waals surface area (Å²) in [6.45, 7) is 12.9. The van der Waals surface area contributed by atoms with Gasteiger partial charge in [0.25, 0.3) is 0 Å². The van der Waals surface area contributed by atoms with Crippen LogP contribution in [0.1, 0.15) is 40.5 Å². The molecule has 16 heavy (non-hydrogen) atoms. The number of hydrogen-bond donors (Lipinski definition) is 1. The zero-order valence-corrected chi connectivity index (χ0v) is 12.4. The molecule has 1 fully saturated rings. The lowest BCUT2D eigenvalue weighted by molar-refractivity contribution is 0.0317. The smallest absolute Gasteiger partial charge is 0.0278 e. The fourth-order valence-electron chi connectivity index (χ4n) is 2.25. The predicted molar refractivity (Wildman–Crippen MR) is 75.3 cm³/mol. The Kier molecular flexibility index (Phi) is 5.14. The van der Waals surface area contributed by atoms with Gasteiger partial charge in [0.15, 0.2) is 0 Å². The molecule has 0 radical (unpaired) electrons. The maximum atomic E-state index is 3.71. The Balaban J connectivity index is 2.54. The van der Waals surface area contributed by atoms with Crippen molar-refractivity contribution in [2.75, 3.05) is 31.6 Å². The molecule has 1 heterocycles. The molecule has 0 aromatic rings. The number of rotatable bonds is 5. The summed E-state index contributed by atoms with van der Waals surface area (Å²) in [6.07, 6.45) is 4.71. The second-order valence-corrected chi connectivity index (χ2v) is 6.83. The largest absolute Gasteiger partial charge is 0.308 e. The Morgan fingerprint density at radius 3 is 2.56 bits per heavy atom. The van der Waals surface area contributed by atoms with Crippen LogP contribution in [0.5, 0.6) is 0 Å². The summed E-state index contributed by atoms with van der Waals surface area (Å²) in [7, 11) is 0. The third kappa shape index (κ3) is 3.64. The molecule has 0 amide bonds. The van der Waals surface area contributed by atoms with Crippen LogP contribution in [-0.2, 0) is 0 Å². The van der Waals surface area contributed by atoms with Gasteiger partial charge < -0.3 is 5.32 Å². The normalized spacial score (nSPS) is 30.6. The second-order valence-electron chi connectivity index (χ2n) is 5.85. The van der Waals surface area contributed by atoms with E-state index in [1.165, 1.54) is 31.7 Å². The molecule has 1 atom stereocenters. The molecular weight excluding hydrogens is 216 g/mol. The van der Waals surface area contributed by atoms with Gasteiger partial charge >= 0.3 is 0 Å². The molecule has 1 rings (SSSR count). The van der Waals surface area contributed by atoms with Gasteiger partial charge in [0.1, 0.15) is 0 Å². The molecule has 96 valence electrons. The Bertz CT molecular complexity index is 218. The zero-order chi connectivity index (χ0) is 12.2. The summed E-state index contributed by atoms with van der Waals surface area (Å²) < 4.78 is 0. The van der Waals surface area contributed by atoms with Crippen molar-refractivity contribution < 1.29 is 0 Å². The molecule has 0 aliphatic carbocycles. The zero-order valence-electron chi connectivity index (χ0n) is 11.6. The van der Waals surface area contributed by atoms with E-state index in [0.717, 1.165) is 6.54 Å². The van der Waals surface area contributed by atoms with Crippen molar-refractivity contribution in [1.29, 1.82) is 0 Å². The Morgan fingerprint density at radius 1 is 1.31 bits per heavy atom. The van der Waals surface area contributed by atoms with Gasteiger partial charge in [-0.05, 0) is 52.2 Å². The standard InChI is InChI=1S/C13H28N2S/c1-6-13(4)11-15(8-7-9-16-5)12(2,3)10-14-13/h14H,6-11H2,1-5H3. The van der Waals surface area contributed by atoms with Gasteiger partial charge in [-0.25, -0.2) is 0 Å².